The molecule has 1 aromatic heterocycles. The Balaban J connectivity index is 2.48. The van der Waals surface area contributed by atoms with Gasteiger partial charge in [-0.05, 0) is 19.1 Å². The Morgan fingerprint density at radius 1 is 1.40 bits per heavy atom. The van der Waals surface area contributed by atoms with E-state index in [0.717, 1.165) is 12.1 Å². The highest BCUT2D eigenvalue weighted by atomic mass is 19.1. The van der Waals surface area contributed by atoms with Gasteiger partial charge in [0.1, 0.15) is 0 Å². The van der Waals surface area contributed by atoms with Crippen molar-refractivity contribution in [2.75, 3.05) is 0 Å². The van der Waals surface area contributed by atoms with E-state index in [9.17, 15) is 14.5 Å². The average Bonchev–Trinajstić information content (AvgIpc) is 2.41. The lowest BCUT2D eigenvalue weighted by atomic mass is 10.1. The van der Waals surface area contributed by atoms with Crippen LogP contribution in [0.4, 0.5) is 10.1 Å². The number of nitrogens with two attached hydrogens (primary N) is 1. The third-order valence-electron chi connectivity index (χ3n) is 2.63. The van der Waals surface area contributed by atoms with Crippen molar-refractivity contribution in [1.82, 2.24) is 4.98 Å². The molecule has 0 amide bonds. The normalized spacial score (nSPS) is 11.9. The van der Waals surface area contributed by atoms with Gasteiger partial charge in [-0.2, -0.15) is 0 Å². The summed E-state index contributed by atoms with van der Waals surface area (Å²) in [4.78, 5) is 14.1. The van der Waals surface area contributed by atoms with E-state index in [1.165, 1.54) is 12.3 Å². The topological polar surface area (TPSA) is 91.3 Å². The molecule has 7 heteroatoms. The number of halogens is 1. The molecule has 2 N–H and O–H groups in total. The number of nitro groups is 1. The van der Waals surface area contributed by atoms with Crippen LogP contribution in [0.2, 0.25) is 0 Å². The van der Waals surface area contributed by atoms with Crippen LogP contribution in [-0.4, -0.2) is 9.91 Å². The van der Waals surface area contributed by atoms with E-state index in [1.807, 2.05) is 0 Å². The van der Waals surface area contributed by atoms with E-state index in [4.69, 9.17) is 10.5 Å². The maximum Gasteiger partial charge on any atom is 0.314 e. The van der Waals surface area contributed by atoms with Crippen LogP contribution >= 0.6 is 0 Å². The van der Waals surface area contributed by atoms with Gasteiger partial charge in [-0.15, -0.1) is 0 Å². The molecule has 0 aliphatic rings. The predicted molar refractivity (Wildman–Crippen MR) is 70.0 cm³/mol. The number of para-hydroxylation sites is 1. The third kappa shape index (κ3) is 2.72. The van der Waals surface area contributed by atoms with Gasteiger partial charge >= 0.3 is 5.69 Å². The Morgan fingerprint density at radius 2 is 2.15 bits per heavy atom. The van der Waals surface area contributed by atoms with E-state index in [1.54, 1.807) is 19.1 Å². The summed E-state index contributed by atoms with van der Waals surface area (Å²) in [6.07, 6.45) is 1.44. The number of ether oxygens (including phenoxy) is 1. The monoisotopic (exact) mass is 277 g/mol. The van der Waals surface area contributed by atoms with Gasteiger partial charge in [-0.3, -0.25) is 10.1 Å². The highest BCUT2D eigenvalue weighted by molar-refractivity contribution is 5.49. The second kappa shape index (κ2) is 5.62. The second-order valence-corrected chi connectivity index (χ2v) is 4.13. The fourth-order valence-electron chi connectivity index (χ4n) is 1.67. The van der Waals surface area contributed by atoms with Gasteiger partial charge in [0.25, 0.3) is 0 Å². The molecule has 0 fully saturated rings. The molecule has 1 atom stereocenters. The molecule has 0 aliphatic carbocycles. The number of hydrogen-bond donors (Lipinski definition) is 1. The van der Waals surface area contributed by atoms with Crippen LogP contribution in [0.3, 0.4) is 0 Å². The molecule has 0 bridgehead atoms. The first-order chi connectivity index (χ1) is 9.50. The summed E-state index contributed by atoms with van der Waals surface area (Å²) in [5.41, 5.74) is 5.82. The molecule has 0 aliphatic heterocycles. The molecule has 0 saturated carbocycles. The highest BCUT2D eigenvalue weighted by Crippen LogP contribution is 2.35. The SMILES string of the molecule is CC(N)c1cccnc1Oc1c(F)cccc1[N+](=O)[O-]. The van der Waals surface area contributed by atoms with Crippen molar-refractivity contribution >= 4 is 5.69 Å². The van der Waals surface area contributed by atoms with Crippen molar-refractivity contribution < 1.29 is 14.1 Å². The van der Waals surface area contributed by atoms with Crippen molar-refractivity contribution in [3.05, 3.63) is 58.0 Å². The molecule has 104 valence electrons. The fraction of sp³-hybridized carbons (Fsp3) is 0.154. The van der Waals surface area contributed by atoms with Crippen LogP contribution in [0, 0.1) is 15.9 Å². The molecule has 2 aromatic rings. The Bertz CT molecular complexity index is 647. The number of aromatic nitrogens is 1. The van der Waals surface area contributed by atoms with Crippen LogP contribution < -0.4 is 10.5 Å². The van der Waals surface area contributed by atoms with E-state index in [-0.39, 0.29) is 5.88 Å². The standard InChI is InChI=1S/C13H12FN3O3/c1-8(15)9-4-3-7-16-13(9)20-12-10(14)5-2-6-11(12)17(18)19/h2-8H,15H2,1H3. The van der Waals surface area contributed by atoms with Crippen molar-refractivity contribution in [3.8, 4) is 11.6 Å². The molecule has 1 unspecified atom stereocenters. The number of hydrogen-bond acceptors (Lipinski definition) is 5. The molecule has 1 heterocycles. The Morgan fingerprint density at radius 3 is 2.80 bits per heavy atom. The van der Waals surface area contributed by atoms with Gasteiger partial charge in [-0.25, -0.2) is 9.37 Å². The molecule has 1 aromatic carbocycles. The summed E-state index contributed by atoms with van der Waals surface area (Å²) in [5.74, 6) is -1.26. The smallest absolute Gasteiger partial charge is 0.314 e. The number of pyridine rings is 1. The quantitative estimate of drug-likeness (QED) is 0.685. The van der Waals surface area contributed by atoms with Gasteiger partial charge in [0.15, 0.2) is 5.82 Å². The van der Waals surface area contributed by atoms with Crippen molar-refractivity contribution in [1.29, 1.82) is 0 Å². The Kier molecular flexibility index (Phi) is 3.90. The summed E-state index contributed by atoms with van der Waals surface area (Å²) in [6, 6.07) is 6.40. The molecular weight excluding hydrogens is 265 g/mol. The van der Waals surface area contributed by atoms with Crippen LogP contribution in [0.1, 0.15) is 18.5 Å². The molecule has 2 rings (SSSR count). The van der Waals surface area contributed by atoms with Gasteiger partial charge in [0.05, 0.1) is 4.92 Å². The zero-order valence-electron chi connectivity index (χ0n) is 10.6. The molecule has 20 heavy (non-hydrogen) atoms. The third-order valence-corrected chi connectivity index (χ3v) is 2.63. The minimum atomic E-state index is -0.833. The number of nitro benzene ring substituents is 1. The van der Waals surface area contributed by atoms with Gasteiger partial charge < -0.3 is 10.5 Å². The Hall–Kier alpha value is -2.54. The number of benzene rings is 1. The summed E-state index contributed by atoms with van der Waals surface area (Å²) < 4.78 is 19.0. The van der Waals surface area contributed by atoms with Gasteiger partial charge in [0, 0.05) is 23.9 Å². The Labute approximate surface area is 114 Å². The summed E-state index contributed by atoms with van der Waals surface area (Å²) >= 11 is 0. The second-order valence-electron chi connectivity index (χ2n) is 4.13. The first-order valence-corrected chi connectivity index (χ1v) is 5.82. The molecule has 0 saturated heterocycles. The fourth-order valence-corrected chi connectivity index (χ4v) is 1.67. The van der Waals surface area contributed by atoms with E-state index in [2.05, 4.69) is 4.98 Å². The average molecular weight is 277 g/mol. The van der Waals surface area contributed by atoms with Gasteiger partial charge in [0.2, 0.25) is 11.6 Å². The van der Waals surface area contributed by atoms with E-state index < -0.39 is 28.2 Å². The van der Waals surface area contributed by atoms with Crippen molar-refractivity contribution in [2.24, 2.45) is 5.73 Å². The van der Waals surface area contributed by atoms with Crippen molar-refractivity contribution in [3.63, 3.8) is 0 Å². The highest BCUT2D eigenvalue weighted by Gasteiger charge is 2.22. The van der Waals surface area contributed by atoms with Crippen LogP contribution in [0.25, 0.3) is 0 Å². The van der Waals surface area contributed by atoms with Crippen LogP contribution in [0.15, 0.2) is 36.5 Å². The van der Waals surface area contributed by atoms with Gasteiger partial charge in [-0.1, -0.05) is 12.1 Å². The molecule has 6 nitrogen and oxygen atoms in total. The lowest BCUT2D eigenvalue weighted by molar-refractivity contribution is -0.385. The van der Waals surface area contributed by atoms with E-state index in [0.29, 0.717) is 5.56 Å². The maximum atomic E-state index is 13.7. The maximum absolute atomic E-state index is 13.7. The zero-order valence-corrected chi connectivity index (χ0v) is 10.6. The number of rotatable bonds is 4. The lowest BCUT2D eigenvalue weighted by Crippen LogP contribution is -2.08. The first kappa shape index (κ1) is 13.9. The summed E-state index contributed by atoms with van der Waals surface area (Å²) in [6.45, 7) is 1.71. The number of nitrogens with zero attached hydrogens (tertiary/aromatic N) is 2. The minimum absolute atomic E-state index is 0.0516. The molecular formula is C13H12FN3O3. The lowest BCUT2D eigenvalue weighted by Gasteiger charge is -2.12. The van der Waals surface area contributed by atoms with Crippen LogP contribution in [0.5, 0.6) is 11.6 Å². The largest absolute Gasteiger partial charge is 0.428 e. The summed E-state index contributed by atoms with van der Waals surface area (Å²) in [5, 5.41) is 10.9. The molecule has 0 spiro atoms. The zero-order chi connectivity index (χ0) is 14.7. The van der Waals surface area contributed by atoms with Crippen molar-refractivity contribution in [2.45, 2.75) is 13.0 Å². The predicted octanol–water partition coefficient (Wildman–Crippen LogP) is 2.94. The summed E-state index contributed by atoms with van der Waals surface area (Å²) in [7, 11) is 0. The molecule has 0 radical (unpaired) electrons. The minimum Gasteiger partial charge on any atom is -0.428 e. The first-order valence-electron chi connectivity index (χ1n) is 5.82. The van der Waals surface area contributed by atoms with Crippen LogP contribution in [-0.2, 0) is 0 Å². The van der Waals surface area contributed by atoms with E-state index >= 15 is 0 Å².